The molecule has 0 aliphatic carbocycles. The standard InChI is InChI=1S/C24H26N2O3S/c1-16-7-9-20(12-18(16)3)24(27)26-15-23(21-6-5-11-25-14-21)30(28,29)22-10-8-17(2)19(4)13-22/h5-14,23H,15H2,1-4H3,(H,26,27)/t23-/m0/s1. The Morgan fingerprint density at radius 3 is 2.20 bits per heavy atom. The van der Waals surface area contributed by atoms with E-state index in [1.165, 1.54) is 6.20 Å². The first-order chi connectivity index (χ1) is 14.2. The first-order valence-electron chi connectivity index (χ1n) is 9.76. The van der Waals surface area contributed by atoms with Gasteiger partial charge in [0.15, 0.2) is 9.84 Å². The molecule has 0 spiro atoms. The van der Waals surface area contributed by atoms with E-state index in [0.29, 0.717) is 11.1 Å². The van der Waals surface area contributed by atoms with Crippen LogP contribution in [0.2, 0.25) is 0 Å². The van der Waals surface area contributed by atoms with Crippen molar-refractivity contribution in [1.82, 2.24) is 10.3 Å². The van der Waals surface area contributed by atoms with E-state index in [9.17, 15) is 13.2 Å². The molecule has 0 bridgehead atoms. The van der Waals surface area contributed by atoms with Gasteiger partial charge in [-0.1, -0.05) is 18.2 Å². The van der Waals surface area contributed by atoms with E-state index in [1.807, 2.05) is 39.8 Å². The minimum atomic E-state index is -3.74. The van der Waals surface area contributed by atoms with Crippen molar-refractivity contribution in [3.05, 3.63) is 94.3 Å². The molecule has 0 fully saturated rings. The average molecular weight is 423 g/mol. The number of hydrogen-bond donors (Lipinski definition) is 1. The second-order valence-electron chi connectivity index (χ2n) is 7.58. The summed E-state index contributed by atoms with van der Waals surface area (Å²) in [5.74, 6) is -0.303. The summed E-state index contributed by atoms with van der Waals surface area (Å²) in [5, 5.41) is 1.86. The number of amides is 1. The molecule has 1 aromatic heterocycles. The molecule has 3 aromatic rings. The Morgan fingerprint density at radius 2 is 1.60 bits per heavy atom. The molecule has 1 heterocycles. The third kappa shape index (κ3) is 4.60. The lowest BCUT2D eigenvalue weighted by Crippen LogP contribution is -2.32. The number of nitrogens with zero attached hydrogens (tertiary/aromatic N) is 1. The zero-order valence-corrected chi connectivity index (χ0v) is 18.5. The summed E-state index contributed by atoms with van der Waals surface area (Å²) in [5.41, 5.74) is 5.07. The van der Waals surface area contributed by atoms with Gasteiger partial charge in [-0.3, -0.25) is 9.78 Å². The van der Waals surface area contributed by atoms with E-state index in [0.717, 1.165) is 22.3 Å². The van der Waals surface area contributed by atoms with Crippen LogP contribution < -0.4 is 5.32 Å². The molecule has 0 saturated heterocycles. The van der Waals surface area contributed by atoms with Crippen molar-refractivity contribution in [3.63, 3.8) is 0 Å². The molecule has 156 valence electrons. The van der Waals surface area contributed by atoms with Gasteiger partial charge in [0, 0.05) is 24.5 Å². The van der Waals surface area contributed by atoms with Crippen LogP contribution in [-0.4, -0.2) is 25.9 Å². The number of rotatable bonds is 6. The number of benzene rings is 2. The van der Waals surface area contributed by atoms with Crippen molar-refractivity contribution in [3.8, 4) is 0 Å². The van der Waals surface area contributed by atoms with Gasteiger partial charge in [0.05, 0.1) is 4.90 Å². The number of carbonyl (C=O) groups excluding carboxylic acids is 1. The molecule has 1 atom stereocenters. The zero-order chi connectivity index (χ0) is 21.9. The first-order valence-corrected chi connectivity index (χ1v) is 11.3. The molecule has 0 unspecified atom stereocenters. The van der Waals surface area contributed by atoms with Crippen molar-refractivity contribution in [2.75, 3.05) is 6.54 Å². The lowest BCUT2D eigenvalue weighted by molar-refractivity contribution is 0.0953. The summed E-state index contributed by atoms with van der Waals surface area (Å²) in [6, 6.07) is 14.0. The Kier molecular flexibility index (Phi) is 6.37. The van der Waals surface area contributed by atoms with Gasteiger partial charge in [0.2, 0.25) is 0 Å². The van der Waals surface area contributed by atoms with Crippen LogP contribution in [0, 0.1) is 27.7 Å². The van der Waals surface area contributed by atoms with Gasteiger partial charge in [-0.15, -0.1) is 0 Å². The maximum Gasteiger partial charge on any atom is 0.251 e. The van der Waals surface area contributed by atoms with Crippen LogP contribution in [0.4, 0.5) is 0 Å². The largest absolute Gasteiger partial charge is 0.350 e. The predicted molar refractivity (Wildman–Crippen MR) is 118 cm³/mol. The summed E-state index contributed by atoms with van der Waals surface area (Å²) >= 11 is 0. The summed E-state index contributed by atoms with van der Waals surface area (Å²) < 4.78 is 26.9. The van der Waals surface area contributed by atoms with E-state index in [-0.39, 0.29) is 17.3 Å². The highest BCUT2D eigenvalue weighted by molar-refractivity contribution is 7.91. The minimum Gasteiger partial charge on any atom is -0.350 e. The van der Waals surface area contributed by atoms with Gasteiger partial charge in [0.1, 0.15) is 5.25 Å². The third-order valence-electron chi connectivity index (χ3n) is 5.45. The lowest BCUT2D eigenvalue weighted by Gasteiger charge is -2.19. The molecule has 2 aromatic carbocycles. The molecule has 0 aliphatic rings. The van der Waals surface area contributed by atoms with Crippen LogP contribution in [0.1, 0.15) is 43.4 Å². The van der Waals surface area contributed by atoms with Crippen molar-refractivity contribution in [2.24, 2.45) is 0 Å². The highest BCUT2D eigenvalue weighted by Crippen LogP contribution is 2.29. The van der Waals surface area contributed by atoms with E-state index < -0.39 is 15.1 Å². The number of nitrogens with one attached hydrogen (secondary N) is 1. The topological polar surface area (TPSA) is 76.1 Å². The van der Waals surface area contributed by atoms with Gasteiger partial charge in [-0.2, -0.15) is 0 Å². The quantitative estimate of drug-likeness (QED) is 0.644. The normalized spacial score (nSPS) is 12.4. The fourth-order valence-corrected chi connectivity index (χ4v) is 4.93. The fraction of sp³-hybridized carbons (Fsp3) is 0.250. The molecule has 0 saturated carbocycles. The highest BCUT2D eigenvalue weighted by Gasteiger charge is 2.30. The molecule has 0 aliphatic heterocycles. The smallest absolute Gasteiger partial charge is 0.251 e. The van der Waals surface area contributed by atoms with Crippen molar-refractivity contribution < 1.29 is 13.2 Å². The van der Waals surface area contributed by atoms with Gasteiger partial charge in [0.25, 0.3) is 5.91 Å². The second kappa shape index (κ2) is 8.79. The van der Waals surface area contributed by atoms with Gasteiger partial charge in [-0.25, -0.2) is 8.42 Å². The van der Waals surface area contributed by atoms with Crippen LogP contribution >= 0.6 is 0 Å². The van der Waals surface area contributed by atoms with E-state index in [4.69, 9.17) is 0 Å². The predicted octanol–water partition coefficient (Wildman–Crippen LogP) is 4.26. The maximum atomic E-state index is 13.5. The molecule has 30 heavy (non-hydrogen) atoms. The molecule has 1 amide bonds. The SMILES string of the molecule is Cc1ccc(C(=O)NC[C@@H](c2cccnc2)S(=O)(=O)c2ccc(C)c(C)c2)cc1C. The number of aromatic nitrogens is 1. The van der Waals surface area contributed by atoms with E-state index in [2.05, 4.69) is 10.3 Å². The van der Waals surface area contributed by atoms with Crippen LogP contribution in [0.5, 0.6) is 0 Å². The number of carbonyl (C=O) groups is 1. The van der Waals surface area contributed by atoms with Crippen LogP contribution in [-0.2, 0) is 9.84 Å². The van der Waals surface area contributed by atoms with Crippen LogP contribution in [0.25, 0.3) is 0 Å². The Balaban J connectivity index is 1.92. The molecule has 6 heteroatoms. The molecule has 5 nitrogen and oxygen atoms in total. The monoisotopic (exact) mass is 422 g/mol. The lowest BCUT2D eigenvalue weighted by atomic mass is 10.1. The molecular weight excluding hydrogens is 396 g/mol. The molecule has 3 rings (SSSR count). The van der Waals surface area contributed by atoms with Crippen molar-refractivity contribution in [1.29, 1.82) is 0 Å². The first kappa shape index (κ1) is 21.7. The Hall–Kier alpha value is -2.99. The van der Waals surface area contributed by atoms with Gasteiger partial charge >= 0.3 is 0 Å². The fourth-order valence-electron chi connectivity index (χ4n) is 3.20. The average Bonchev–Trinajstić information content (AvgIpc) is 2.72. The second-order valence-corrected chi connectivity index (χ2v) is 9.71. The summed E-state index contributed by atoms with van der Waals surface area (Å²) in [6.07, 6.45) is 3.13. The zero-order valence-electron chi connectivity index (χ0n) is 17.6. The Morgan fingerprint density at radius 1 is 0.933 bits per heavy atom. The molecular formula is C24H26N2O3S. The van der Waals surface area contributed by atoms with Crippen LogP contribution in [0.15, 0.2) is 65.8 Å². The number of hydrogen-bond acceptors (Lipinski definition) is 4. The Labute approximate surface area is 178 Å². The number of sulfone groups is 1. The summed E-state index contributed by atoms with van der Waals surface area (Å²) in [4.78, 5) is 17.0. The van der Waals surface area contributed by atoms with Gasteiger partial charge < -0.3 is 5.32 Å². The molecule has 1 N–H and O–H groups in total. The number of pyridine rings is 1. The summed E-state index contributed by atoms with van der Waals surface area (Å²) in [7, 11) is -3.74. The van der Waals surface area contributed by atoms with Gasteiger partial charge in [-0.05, 0) is 85.8 Å². The van der Waals surface area contributed by atoms with E-state index >= 15 is 0 Å². The van der Waals surface area contributed by atoms with E-state index in [1.54, 1.807) is 42.6 Å². The van der Waals surface area contributed by atoms with Crippen LogP contribution in [0.3, 0.4) is 0 Å². The van der Waals surface area contributed by atoms with Crippen molar-refractivity contribution >= 4 is 15.7 Å². The summed E-state index contributed by atoms with van der Waals surface area (Å²) in [6.45, 7) is 7.69. The highest BCUT2D eigenvalue weighted by atomic mass is 32.2. The van der Waals surface area contributed by atoms with Crippen molar-refractivity contribution in [2.45, 2.75) is 37.8 Å². The third-order valence-corrected chi connectivity index (χ3v) is 7.55. The minimum absolute atomic E-state index is 0.0489. The number of aryl methyl sites for hydroxylation is 4. The molecule has 0 radical (unpaired) electrons. The Bertz CT molecular complexity index is 1170. The maximum absolute atomic E-state index is 13.5.